The quantitative estimate of drug-likeness (QED) is 0.218. The van der Waals surface area contributed by atoms with E-state index in [1.807, 2.05) is 29.2 Å². The van der Waals surface area contributed by atoms with Gasteiger partial charge in [0.05, 0.1) is 12.7 Å². The predicted molar refractivity (Wildman–Crippen MR) is 149 cm³/mol. The van der Waals surface area contributed by atoms with Crippen LogP contribution in [0, 0.1) is 0 Å². The lowest BCUT2D eigenvalue weighted by Gasteiger charge is -2.32. The summed E-state index contributed by atoms with van der Waals surface area (Å²) < 4.78 is 52.5. The fourth-order valence-electron chi connectivity index (χ4n) is 4.26. The Kier molecular flexibility index (Phi) is 9.42. The first kappa shape index (κ1) is 30.9. The molecule has 1 aliphatic heterocycles. The fourth-order valence-corrected chi connectivity index (χ4v) is 6.69. The zero-order chi connectivity index (χ0) is 29.9. The highest BCUT2D eigenvalue weighted by molar-refractivity contribution is 8.09. The lowest BCUT2D eigenvalue weighted by molar-refractivity contribution is -0.169. The van der Waals surface area contributed by atoms with Crippen molar-refractivity contribution in [2.75, 3.05) is 6.61 Å². The maximum atomic E-state index is 14.5. The number of H-pyrrole nitrogens is 1. The van der Waals surface area contributed by atoms with Gasteiger partial charge in [-0.15, -0.1) is 0 Å². The van der Waals surface area contributed by atoms with Crippen LogP contribution in [0.1, 0.15) is 33.4 Å². The number of carbonyl (C=O) groups is 1. The molecule has 0 aliphatic carbocycles. The Morgan fingerprint density at radius 2 is 1.93 bits per heavy atom. The van der Waals surface area contributed by atoms with Crippen LogP contribution in [0.25, 0.3) is 10.8 Å². The van der Waals surface area contributed by atoms with Crippen molar-refractivity contribution in [3.63, 3.8) is 0 Å². The Hall–Kier alpha value is -3.00. The maximum absolute atomic E-state index is 14.5. The number of aromatic amines is 1. The molecule has 2 heterocycles. The molecule has 0 spiro atoms. The van der Waals surface area contributed by atoms with Gasteiger partial charge in [0.1, 0.15) is 17.9 Å². The van der Waals surface area contributed by atoms with Gasteiger partial charge in [0.25, 0.3) is 12.0 Å². The van der Waals surface area contributed by atoms with Crippen LogP contribution in [0.4, 0.5) is 8.78 Å². The number of aliphatic hydroxyl groups excluding tert-OH is 1. The number of benzene rings is 2. The minimum Gasteiger partial charge on any atom is -0.462 e. The molecule has 5 unspecified atom stereocenters. The Labute approximate surface area is 238 Å². The van der Waals surface area contributed by atoms with Gasteiger partial charge in [0, 0.05) is 18.7 Å². The number of hydrogen-bond donors (Lipinski definition) is 3. The Morgan fingerprint density at radius 1 is 1.22 bits per heavy atom. The van der Waals surface area contributed by atoms with E-state index in [1.165, 1.54) is 6.92 Å². The zero-order valence-electron chi connectivity index (χ0n) is 22.4. The number of aromatic nitrogens is 2. The van der Waals surface area contributed by atoms with Gasteiger partial charge in [0.2, 0.25) is 0 Å². The SMILES string of the molecule is CC(C)OC(=O)C(C)NP(=S)(OCC1(C(F)F)CC(O)C(n2ccc(=O)[nH]c2=O)O1)Oc1ccc2ccccc2c1. The number of esters is 1. The van der Waals surface area contributed by atoms with Gasteiger partial charge < -0.3 is 23.6 Å². The van der Waals surface area contributed by atoms with E-state index in [0.717, 1.165) is 27.6 Å². The maximum Gasteiger partial charge on any atom is 0.330 e. The van der Waals surface area contributed by atoms with Crippen LogP contribution in [0.3, 0.4) is 0 Å². The van der Waals surface area contributed by atoms with E-state index in [2.05, 4.69) is 5.09 Å². The third kappa shape index (κ3) is 7.26. The van der Waals surface area contributed by atoms with Crippen LogP contribution in [-0.4, -0.2) is 57.5 Å². The number of fused-ring (bicyclic) bond motifs is 1. The third-order valence-corrected chi connectivity index (χ3v) is 8.72. The number of halogens is 2. The van der Waals surface area contributed by atoms with E-state index in [1.54, 1.807) is 32.0 Å². The number of ether oxygens (including phenoxy) is 2. The van der Waals surface area contributed by atoms with Crippen molar-refractivity contribution in [3.8, 4) is 5.75 Å². The van der Waals surface area contributed by atoms with Crippen molar-refractivity contribution in [1.82, 2.24) is 14.6 Å². The lowest BCUT2D eigenvalue weighted by Crippen LogP contribution is -2.44. The minimum absolute atomic E-state index is 0.264. The normalized spacial score (nSPS) is 23.0. The minimum atomic E-state index is -3.76. The molecule has 222 valence electrons. The summed E-state index contributed by atoms with van der Waals surface area (Å²) in [6.07, 6.45) is -6.29. The molecule has 5 atom stereocenters. The number of rotatable bonds is 11. The first-order valence-corrected chi connectivity index (χ1v) is 15.3. The number of hydrogen-bond acceptors (Lipinski definition) is 9. The summed E-state index contributed by atoms with van der Waals surface area (Å²) in [6, 6.07) is 12.5. The van der Waals surface area contributed by atoms with Gasteiger partial charge in [0.15, 0.2) is 11.8 Å². The van der Waals surface area contributed by atoms with Crippen LogP contribution in [0.15, 0.2) is 64.3 Å². The van der Waals surface area contributed by atoms with Crippen molar-refractivity contribution in [3.05, 3.63) is 75.6 Å². The molecule has 11 nitrogen and oxygen atoms in total. The molecular formula is C26H30F2N3O8PS. The second-order valence-corrected chi connectivity index (χ2v) is 13.0. The van der Waals surface area contributed by atoms with Crippen LogP contribution < -0.4 is 20.9 Å². The molecule has 1 fully saturated rings. The van der Waals surface area contributed by atoms with Crippen molar-refractivity contribution < 1.29 is 37.2 Å². The highest BCUT2D eigenvalue weighted by atomic mass is 32.5. The van der Waals surface area contributed by atoms with Crippen molar-refractivity contribution in [1.29, 1.82) is 0 Å². The molecule has 1 aromatic heterocycles. The average molecular weight is 614 g/mol. The van der Waals surface area contributed by atoms with Gasteiger partial charge in [-0.05, 0) is 55.5 Å². The molecule has 0 radical (unpaired) electrons. The lowest BCUT2D eigenvalue weighted by atomic mass is 10.0. The number of nitrogens with zero attached hydrogens (tertiary/aromatic N) is 1. The van der Waals surface area contributed by atoms with Gasteiger partial charge in [-0.3, -0.25) is 19.1 Å². The first-order valence-electron chi connectivity index (χ1n) is 12.7. The van der Waals surface area contributed by atoms with E-state index in [4.69, 9.17) is 30.3 Å². The number of alkyl halides is 2. The highest BCUT2D eigenvalue weighted by Crippen LogP contribution is 2.49. The van der Waals surface area contributed by atoms with Crippen LogP contribution in [0.2, 0.25) is 0 Å². The number of aliphatic hydroxyl groups is 1. The molecule has 4 rings (SSSR count). The standard InChI is InChI=1S/C26H30F2N3O8PS/c1-15(2)37-23(34)16(3)30-40(41,39-19-9-8-17-6-4-5-7-18(17)12-19)36-14-26(24(27)28)13-20(32)22(38-26)31-11-10-21(33)29-25(31)35/h4-12,15-16,20,22,24,32H,13-14H2,1-3H3,(H,30,41)(H,29,33,35). The van der Waals surface area contributed by atoms with E-state index in [-0.39, 0.29) is 5.75 Å². The summed E-state index contributed by atoms with van der Waals surface area (Å²) in [7, 11) is 0. The van der Waals surface area contributed by atoms with E-state index >= 15 is 0 Å². The smallest absolute Gasteiger partial charge is 0.330 e. The summed E-state index contributed by atoms with van der Waals surface area (Å²) in [5, 5.41) is 15.1. The fraction of sp³-hybridized carbons (Fsp3) is 0.423. The monoisotopic (exact) mass is 613 g/mol. The Balaban J connectivity index is 1.61. The van der Waals surface area contributed by atoms with Crippen molar-refractivity contribution >= 4 is 35.2 Å². The summed E-state index contributed by atoms with van der Waals surface area (Å²) in [5.41, 5.74) is -4.05. The predicted octanol–water partition coefficient (Wildman–Crippen LogP) is 3.22. The topological polar surface area (TPSA) is 141 Å². The second kappa shape index (κ2) is 12.5. The van der Waals surface area contributed by atoms with Gasteiger partial charge >= 0.3 is 18.3 Å². The van der Waals surface area contributed by atoms with E-state index < -0.39 is 73.4 Å². The molecule has 0 bridgehead atoms. The summed E-state index contributed by atoms with van der Waals surface area (Å²) in [4.78, 5) is 38.2. The third-order valence-electron chi connectivity index (χ3n) is 6.24. The molecule has 15 heteroatoms. The second-order valence-electron chi connectivity index (χ2n) is 9.87. The van der Waals surface area contributed by atoms with Crippen molar-refractivity contribution in [2.24, 2.45) is 0 Å². The van der Waals surface area contributed by atoms with E-state index in [0.29, 0.717) is 0 Å². The molecule has 1 saturated heterocycles. The summed E-state index contributed by atoms with van der Waals surface area (Å²) >= 11 is 5.66. The molecule has 41 heavy (non-hydrogen) atoms. The van der Waals surface area contributed by atoms with Gasteiger partial charge in [-0.1, -0.05) is 30.3 Å². The molecule has 0 saturated carbocycles. The molecular weight excluding hydrogens is 583 g/mol. The first-order chi connectivity index (χ1) is 19.3. The molecule has 3 N–H and O–H groups in total. The molecule has 2 aromatic carbocycles. The Morgan fingerprint density at radius 3 is 2.59 bits per heavy atom. The average Bonchev–Trinajstić information content (AvgIpc) is 3.24. The van der Waals surface area contributed by atoms with Crippen molar-refractivity contribution in [2.45, 2.75) is 63.7 Å². The van der Waals surface area contributed by atoms with Crippen LogP contribution in [-0.2, 0) is 30.6 Å². The molecule has 3 aromatic rings. The molecule has 1 aliphatic rings. The Bertz CT molecular complexity index is 1570. The molecule has 0 amide bonds. The number of nitrogens with one attached hydrogen (secondary N) is 2. The van der Waals surface area contributed by atoms with Gasteiger partial charge in [-0.2, -0.15) is 0 Å². The van der Waals surface area contributed by atoms with Gasteiger partial charge in [-0.25, -0.2) is 18.7 Å². The van der Waals surface area contributed by atoms with Crippen LogP contribution in [0.5, 0.6) is 5.75 Å². The van der Waals surface area contributed by atoms with Crippen LogP contribution >= 0.6 is 6.64 Å². The number of carbonyl (C=O) groups excluding carboxylic acids is 1. The zero-order valence-corrected chi connectivity index (χ0v) is 24.1. The summed E-state index contributed by atoms with van der Waals surface area (Å²) in [6.45, 7) is 0.181. The summed E-state index contributed by atoms with van der Waals surface area (Å²) in [5.74, 6) is -0.395. The highest BCUT2D eigenvalue weighted by Gasteiger charge is 2.54. The van der Waals surface area contributed by atoms with E-state index in [9.17, 15) is 28.3 Å². The largest absolute Gasteiger partial charge is 0.462 e.